The molecule has 1 fully saturated rings. The Bertz CT molecular complexity index is 1640. The molecular formula is C32H31N5O3. The quantitative estimate of drug-likeness (QED) is 0.278. The topological polar surface area (TPSA) is 72.2 Å². The van der Waals surface area contributed by atoms with E-state index in [1.807, 2.05) is 96.8 Å². The fraction of sp³-hybridized carbons (Fsp3) is 0.219. The van der Waals surface area contributed by atoms with Gasteiger partial charge in [-0.05, 0) is 37.3 Å². The summed E-state index contributed by atoms with van der Waals surface area (Å²) in [4.78, 5) is 22.7. The van der Waals surface area contributed by atoms with Crippen LogP contribution in [0.1, 0.15) is 17.4 Å². The zero-order valence-corrected chi connectivity index (χ0v) is 22.7. The molecule has 8 nitrogen and oxygen atoms in total. The van der Waals surface area contributed by atoms with Crippen LogP contribution in [0.15, 0.2) is 91.0 Å². The van der Waals surface area contributed by atoms with Gasteiger partial charge in [-0.15, -0.1) is 0 Å². The van der Waals surface area contributed by atoms with Crippen LogP contribution >= 0.6 is 0 Å². The van der Waals surface area contributed by atoms with Crippen molar-refractivity contribution in [1.82, 2.24) is 19.5 Å². The lowest BCUT2D eigenvalue weighted by Gasteiger charge is -2.36. The molecule has 2 aromatic heterocycles. The van der Waals surface area contributed by atoms with Gasteiger partial charge >= 0.3 is 0 Å². The Hall–Kier alpha value is -4.85. The van der Waals surface area contributed by atoms with Gasteiger partial charge in [0.25, 0.3) is 5.91 Å². The number of nitrogens with zero attached hydrogens (tertiary/aromatic N) is 5. The fourth-order valence-corrected chi connectivity index (χ4v) is 5.13. The monoisotopic (exact) mass is 533 g/mol. The van der Waals surface area contributed by atoms with Crippen molar-refractivity contribution in [2.75, 3.05) is 44.8 Å². The van der Waals surface area contributed by atoms with E-state index < -0.39 is 0 Å². The Balaban J connectivity index is 1.33. The molecule has 1 amide bonds. The molecule has 0 spiro atoms. The number of carbonyl (C=O) groups is 1. The number of methoxy groups -OCH3 is 1. The number of amides is 1. The van der Waals surface area contributed by atoms with Gasteiger partial charge < -0.3 is 19.3 Å². The molecule has 0 saturated carbocycles. The number of benzene rings is 3. The molecule has 6 rings (SSSR count). The SMILES string of the molecule is CCOc1ccccc1N1CCN(C(=O)c2cc(-c3cccc(OC)c3)n3nc(-c4ccccc4)cc3n2)CC1. The van der Waals surface area contributed by atoms with Gasteiger partial charge in [-0.1, -0.05) is 54.6 Å². The molecule has 3 heterocycles. The highest BCUT2D eigenvalue weighted by Gasteiger charge is 2.26. The normalized spacial score (nSPS) is 13.4. The zero-order chi connectivity index (χ0) is 27.5. The predicted octanol–water partition coefficient (Wildman–Crippen LogP) is 5.43. The molecule has 8 heteroatoms. The van der Waals surface area contributed by atoms with Crippen LogP contribution in [0.2, 0.25) is 0 Å². The molecule has 40 heavy (non-hydrogen) atoms. The number of hydrogen-bond acceptors (Lipinski definition) is 6. The number of carbonyl (C=O) groups excluding carboxylic acids is 1. The highest BCUT2D eigenvalue weighted by molar-refractivity contribution is 5.94. The van der Waals surface area contributed by atoms with E-state index in [0.717, 1.165) is 39.7 Å². The minimum atomic E-state index is -0.0909. The number of fused-ring (bicyclic) bond motifs is 1. The fourth-order valence-electron chi connectivity index (χ4n) is 5.13. The second kappa shape index (κ2) is 11.1. The van der Waals surface area contributed by atoms with Gasteiger partial charge in [-0.2, -0.15) is 5.10 Å². The number of ether oxygens (including phenoxy) is 2. The molecule has 1 aliphatic heterocycles. The Morgan fingerprint density at radius 1 is 0.850 bits per heavy atom. The van der Waals surface area contributed by atoms with Crippen molar-refractivity contribution in [2.45, 2.75) is 6.92 Å². The first-order valence-electron chi connectivity index (χ1n) is 13.5. The van der Waals surface area contributed by atoms with E-state index in [2.05, 4.69) is 11.0 Å². The second-order valence-electron chi connectivity index (χ2n) is 9.60. The van der Waals surface area contributed by atoms with Crippen molar-refractivity contribution in [3.8, 4) is 34.0 Å². The Kier molecular flexibility index (Phi) is 7.06. The van der Waals surface area contributed by atoms with Crippen molar-refractivity contribution in [3.05, 3.63) is 96.7 Å². The van der Waals surface area contributed by atoms with Crippen molar-refractivity contribution in [1.29, 1.82) is 0 Å². The van der Waals surface area contributed by atoms with E-state index in [0.29, 0.717) is 44.1 Å². The van der Waals surface area contributed by atoms with Crippen molar-refractivity contribution < 1.29 is 14.3 Å². The van der Waals surface area contributed by atoms with E-state index in [4.69, 9.17) is 19.6 Å². The third-order valence-corrected chi connectivity index (χ3v) is 7.15. The van der Waals surface area contributed by atoms with Gasteiger partial charge in [-0.3, -0.25) is 4.79 Å². The van der Waals surface area contributed by atoms with Crippen LogP contribution < -0.4 is 14.4 Å². The van der Waals surface area contributed by atoms with E-state index in [9.17, 15) is 4.79 Å². The Labute approximate surface area is 233 Å². The van der Waals surface area contributed by atoms with Crippen LogP contribution in [0.25, 0.3) is 28.2 Å². The number of piperazine rings is 1. The van der Waals surface area contributed by atoms with Crippen LogP contribution in [0, 0.1) is 0 Å². The molecule has 0 bridgehead atoms. The van der Waals surface area contributed by atoms with Gasteiger partial charge in [0.1, 0.15) is 17.2 Å². The molecule has 0 radical (unpaired) electrons. The lowest BCUT2D eigenvalue weighted by atomic mass is 10.1. The summed E-state index contributed by atoms with van der Waals surface area (Å²) in [6, 6.07) is 29.6. The zero-order valence-electron chi connectivity index (χ0n) is 22.7. The van der Waals surface area contributed by atoms with E-state index in [1.54, 1.807) is 11.6 Å². The Morgan fingerprint density at radius 2 is 1.60 bits per heavy atom. The second-order valence-corrected chi connectivity index (χ2v) is 9.60. The number of anilines is 1. The highest BCUT2D eigenvalue weighted by atomic mass is 16.5. The lowest BCUT2D eigenvalue weighted by Crippen LogP contribution is -2.49. The minimum absolute atomic E-state index is 0.0909. The smallest absolute Gasteiger partial charge is 0.272 e. The third kappa shape index (κ3) is 4.96. The maximum Gasteiger partial charge on any atom is 0.272 e. The molecule has 3 aromatic carbocycles. The summed E-state index contributed by atoms with van der Waals surface area (Å²) in [5, 5.41) is 4.86. The average Bonchev–Trinajstić information content (AvgIpc) is 3.46. The molecule has 202 valence electrons. The molecule has 0 unspecified atom stereocenters. The number of aromatic nitrogens is 3. The molecule has 0 N–H and O–H groups in total. The standard InChI is InChI=1S/C32H31N5O3/c1-3-40-30-15-8-7-14-28(30)35-16-18-36(19-17-35)32(38)27-21-29(24-12-9-13-25(20-24)39-2)37-31(33-27)22-26(34-37)23-10-5-4-6-11-23/h4-15,20-22H,3,16-19H2,1-2H3. The third-order valence-electron chi connectivity index (χ3n) is 7.15. The van der Waals surface area contributed by atoms with Gasteiger partial charge in [-0.25, -0.2) is 9.50 Å². The van der Waals surface area contributed by atoms with Crippen molar-refractivity contribution in [2.24, 2.45) is 0 Å². The maximum atomic E-state index is 13.8. The van der Waals surface area contributed by atoms with E-state index in [-0.39, 0.29) is 5.91 Å². The first kappa shape index (κ1) is 25.4. The van der Waals surface area contributed by atoms with Gasteiger partial charge in [0.05, 0.1) is 30.8 Å². The predicted molar refractivity (Wildman–Crippen MR) is 156 cm³/mol. The molecule has 0 aliphatic carbocycles. The maximum absolute atomic E-state index is 13.8. The van der Waals surface area contributed by atoms with Crippen molar-refractivity contribution in [3.63, 3.8) is 0 Å². The van der Waals surface area contributed by atoms with Crippen LogP contribution in [0.4, 0.5) is 5.69 Å². The summed E-state index contributed by atoms with van der Waals surface area (Å²) in [5.74, 6) is 1.51. The number of para-hydroxylation sites is 2. The largest absolute Gasteiger partial charge is 0.497 e. The molecule has 5 aromatic rings. The highest BCUT2D eigenvalue weighted by Crippen LogP contribution is 2.30. The van der Waals surface area contributed by atoms with Crippen LogP contribution in [-0.2, 0) is 0 Å². The van der Waals surface area contributed by atoms with E-state index >= 15 is 0 Å². The van der Waals surface area contributed by atoms with Gasteiger partial charge in [0.15, 0.2) is 5.65 Å². The Morgan fingerprint density at radius 3 is 2.38 bits per heavy atom. The van der Waals surface area contributed by atoms with E-state index in [1.165, 1.54) is 0 Å². The summed E-state index contributed by atoms with van der Waals surface area (Å²) in [6.07, 6.45) is 0. The molecule has 1 saturated heterocycles. The number of hydrogen-bond donors (Lipinski definition) is 0. The first-order chi connectivity index (χ1) is 19.6. The summed E-state index contributed by atoms with van der Waals surface area (Å²) in [7, 11) is 1.64. The van der Waals surface area contributed by atoms with Crippen molar-refractivity contribution >= 4 is 17.2 Å². The first-order valence-corrected chi connectivity index (χ1v) is 13.5. The summed E-state index contributed by atoms with van der Waals surface area (Å²) < 4.78 is 13.1. The summed E-state index contributed by atoms with van der Waals surface area (Å²) >= 11 is 0. The van der Waals surface area contributed by atoms with Crippen LogP contribution in [0.3, 0.4) is 0 Å². The number of rotatable bonds is 7. The van der Waals surface area contributed by atoms with Gasteiger partial charge in [0.2, 0.25) is 0 Å². The summed E-state index contributed by atoms with van der Waals surface area (Å²) in [6.45, 7) is 5.21. The van der Waals surface area contributed by atoms with Crippen LogP contribution in [-0.4, -0.2) is 65.3 Å². The minimum Gasteiger partial charge on any atom is -0.497 e. The average molecular weight is 534 g/mol. The summed E-state index contributed by atoms with van der Waals surface area (Å²) in [5.41, 5.74) is 5.52. The lowest BCUT2D eigenvalue weighted by molar-refractivity contribution is 0.0741. The van der Waals surface area contributed by atoms with Crippen LogP contribution in [0.5, 0.6) is 11.5 Å². The molecule has 1 aliphatic rings. The molecule has 0 atom stereocenters. The molecular weight excluding hydrogens is 502 g/mol. The van der Waals surface area contributed by atoms with Gasteiger partial charge in [0, 0.05) is 43.4 Å².